The number of hydrogen-bond donors (Lipinski definition) is 1. The first-order valence-corrected chi connectivity index (χ1v) is 14.4. The third-order valence-electron chi connectivity index (χ3n) is 8.42. The lowest BCUT2D eigenvalue weighted by Gasteiger charge is -2.56. The van der Waals surface area contributed by atoms with Gasteiger partial charge in [0.2, 0.25) is 0 Å². The first-order chi connectivity index (χ1) is 16.7. The van der Waals surface area contributed by atoms with Gasteiger partial charge in [0.25, 0.3) is 15.9 Å². The van der Waals surface area contributed by atoms with Gasteiger partial charge < -0.3 is 10.2 Å². The van der Waals surface area contributed by atoms with Crippen molar-refractivity contribution in [3.63, 3.8) is 0 Å². The summed E-state index contributed by atoms with van der Waals surface area (Å²) in [7, 11) is -2.12. The van der Waals surface area contributed by atoms with Crippen molar-refractivity contribution in [3.05, 3.63) is 58.1 Å². The minimum absolute atomic E-state index is 0.0375. The lowest BCUT2D eigenvalue weighted by atomic mass is 9.54. The van der Waals surface area contributed by atoms with Gasteiger partial charge in [-0.15, -0.1) is 0 Å². The minimum atomic E-state index is -4.03. The van der Waals surface area contributed by atoms with Crippen molar-refractivity contribution in [2.75, 3.05) is 12.4 Å². The lowest BCUT2D eigenvalue weighted by Crippen LogP contribution is -2.56. The van der Waals surface area contributed by atoms with Crippen molar-refractivity contribution in [1.29, 1.82) is 0 Å². The van der Waals surface area contributed by atoms with Crippen molar-refractivity contribution in [3.8, 4) is 0 Å². The van der Waals surface area contributed by atoms with Crippen LogP contribution in [0.25, 0.3) is 0 Å². The van der Waals surface area contributed by atoms with Gasteiger partial charge >= 0.3 is 6.03 Å². The van der Waals surface area contributed by atoms with Gasteiger partial charge in [-0.05, 0) is 91.7 Å². The molecule has 7 nitrogen and oxygen atoms in total. The Hall–Kier alpha value is -2.39. The number of urea groups is 1. The van der Waals surface area contributed by atoms with Crippen LogP contribution >= 0.6 is 15.9 Å². The maximum Gasteiger partial charge on any atom is 0.336 e. The monoisotopic (exact) mass is 557 g/mol. The number of nitrogens with zero attached hydrogens (tertiary/aromatic N) is 2. The van der Waals surface area contributed by atoms with Crippen molar-refractivity contribution < 1.29 is 18.0 Å². The quantitative estimate of drug-likeness (QED) is 0.567. The molecule has 0 radical (unpaired) electrons. The molecule has 2 aromatic rings. The molecular formula is C26H28BrN3O4S. The number of fused-ring (bicyclic) bond motifs is 1. The van der Waals surface area contributed by atoms with Gasteiger partial charge in [-0.1, -0.05) is 28.1 Å². The molecule has 3 amide bonds. The number of anilines is 1. The van der Waals surface area contributed by atoms with Gasteiger partial charge in [0.1, 0.15) is 4.90 Å². The minimum Gasteiger partial charge on any atom is -0.338 e. The van der Waals surface area contributed by atoms with E-state index in [4.69, 9.17) is 0 Å². The Balaban J connectivity index is 1.23. The number of carbonyl (C=O) groups excluding carboxylic acids is 2. The highest BCUT2D eigenvalue weighted by atomic mass is 79.9. The van der Waals surface area contributed by atoms with Crippen LogP contribution in [0.4, 0.5) is 10.5 Å². The second kappa shape index (κ2) is 8.34. The van der Waals surface area contributed by atoms with Crippen LogP contribution in [-0.2, 0) is 16.6 Å². The summed E-state index contributed by atoms with van der Waals surface area (Å²) in [4.78, 5) is 28.2. The largest absolute Gasteiger partial charge is 0.338 e. The van der Waals surface area contributed by atoms with Crippen LogP contribution in [0.15, 0.2) is 51.8 Å². The average Bonchev–Trinajstić information content (AvgIpc) is 2.81. The number of benzene rings is 2. The molecule has 1 heterocycles. The summed E-state index contributed by atoms with van der Waals surface area (Å²) in [5.74, 6) is 2.81. The molecule has 0 aromatic heterocycles. The molecule has 1 N–H and O–H groups in total. The molecule has 5 aliphatic rings. The fourth-order valence-electron chi connectivity index (χ4n) is 7.21. The molecule has 0 spiro atoms. The van der Waals surface area contributed by atoms with E-state index in [9.17, 15) is 18.0 Å². The molecule has 4 bridgehead atoms. The first-order valence-electron chi connectivity index (χ1n) is 12.2. The molecule has 7 rings (SSSR count). The number of sulfonamides is 1. The fourth-order valence-corrected chi connectivity index (χ4v) is 9.22. The summed E-state index contributed by atoms with van der Waals surface area (Å²) >= 11 is 3.30. The zero-order valence-corrected chi connectivity index (χ0v) is 21.9. The van der Waals surface area contributed by atoms with Gasteiger partial charge in [-0.3, -0.25) is 4.79 Å². The molecule has 35 heavy (non-hydrogen) atoms. The molecule has 2 aromatic carbocycles. The third-order valence-corrected chi connectivity index (χ3v) is 10.7. The van der Waals surface area contributed by atoms with E-state index in [0.29, 0.717) is 27.4 Å². The predicted octanol–water partition coefficient (Wildman–Crippen LogP) is 5.08. The summed E-state index contributed by atoms with van der Waals surface area (Å²) < 4.78 is 27.9. The van der Waals surface area contributed by atoms with E-state index >= 15 is 0 Å². The van der Waals surface area contributed by atoms with Crippen LogP contribution < -0.4 is 5.32 Å². The summed E-state index contributed by atoms with van der Waals surface area (Å²) in [6.07, 6.45) is 6.29. The van der Waals surface area contributed by atoms with Gasteiger partial charge in [-0.2, -0.15) is 0 Å². The molecule has 4 saturated carbocycles. The van der Waals surface area contributed by atoms with Crippen molar-refractivity contribution in [2.24, 2.45) is 23.7 Å². The Morgan fingerprint density at radius 3 is 2.43 bits per heavy atom. The SMILES string of the molecule is CN(C(=O)c1cccc(CN2C(=O)Nc3ccc(Br)cc3S2(=O)=O)c1)C1C2CC3CC(C2)CC1C3. The van der Waals surface area contributed by atoms with E-state index in [2.05, 4.69) is 21.2 Å². The standard InChI is InChI=1S/C26H28BrN3O4S/c1-29(24-19-9-16-7-17(11-19)12-20(24)10-16)25(31)18-4-2-3-15(8-18)14-30-26(32)28-22-6-5-21(27)13-23(22)35(30,33)34/h2-6,8,13,16-17,19-20,24H,7,9-12,14H2,1H3,(H,28,32). The van der Waals surface area contributed by atoms with Crippen molar-refractivity contribution >= 4 is 43.6 Å². The van der Waals surface area contributed by atoms with E-state index in [1.54, 1.807) is 36.4 Å². The zero-order valence-electron chi connectivity index (χ0n) is 19.5. The summed E-state index contributed by atoms with van der Waals surface area (Å²) in [6.45, 7) is -0.150. The molecular weight excluding hydrogens is 530 g/mol. The number of rotatable bonds is 4. The van der Waals surface area contributed by atoms with Gasteiger partial charge in [0.15, 0.2) is 0 Å². The number of hydrogen-bond acceptors (Lipinski definition) is 4. The number of halogens is 1. The Bertz CT molecular complexity index is 1300. The molecule has 0 saturated heterocycles. The summed E-state index contributed by atoms with van der Waals surface area (Å²) in [5, 5.41) is 2.65. The molecule has 0 unspecified atom stereocenters. The van der Waals surface area contributed by atoms with Crippen LogP contribution in [-0.4, -0.2) is 42.7 Å². The molecule has 4 aliphatic carbocycles. The highest BCUT2D eigenvalue weighted by molar-refractivity contribution is 9.10. The molecule has 9 heteroatoms. The summed E-state index contributed by atoms with van der Waals surface area (Å²) in [6, 6.07) is 11.3. The molecule has 4 fully saturated rings. The van der Waals surface area contributed by atoms with Crippen LogP contribution in [0.5, 0.6) is 0 Å². The molecule has 184 valence electrons. The maximum atomic E-state index is 13.5. The Morgan fingerprint density at radius 1 is 1.06 bits per heavy atom. The van der Waals surface area contributed by atoms with Crippen LogP contribution in [0.2, 0.25) is 0 Å². The van der Waals surface area contributed by atoms with Gasteiger partial charge in [-0.25, -0.2) is 17.5 Å². The van der Waals surface area contributed by atoms with Gasteiger partial charge in [0, 0.05) is 23.1 Å². The van der Waals surface area contributed by atoms with Crippen LogP contribution in [0, 0.1) is 23.7 Å². The van der Waals surface area contributed by atoms with Crippen LogP contribution in [0.3, 0.4) is 0 Å². The zero-order chi connectivity index (χ0) is 24.5. The third kappa shape index (κ3) is 3.87. The van der Waals surface area contributed by atoms with E-state index in [0.717, 1.165) is 16.1 Å². The highest BCUT2D eigenvalue weighted by Crippen LogP contribution is 2.55. The fraction of sp³-hybridized carbons (Fsp3) is 0.462. The Labute approximate surface area is 214 Å². The number of amides is 3. The Morgan fingerprint density at radius 2 is 1.74 bits per heavy atom. The highest BCUT2D eigenvalue weighted by Gasteiger charge is 2.50. The first kappa shape index (κ1) is 23.0. The molecule has 0 atom stereocenters. The lowest BCUT2D eigenvalue weighted by molar-refractivity contribution is -0.0491. The second-order valence-corrected chi connectivity index (χ2v) is 13.4. The maximum absolute atomic E-state index is 13.5. The van der Waals surface area contributed by atoms with E-state index < -0.39 is 16.1 Å². The van der Waals surface area contributed by atoms with Crippen LogP contribution in [0.1, 0.15) is 48.0 Å². The average molecular weight is 558 g/mol. The summed E-state index contributed by atoms with van der Waals surface area (Å²) in [5.41, 5.74) is 1.37. The smallest absolute Gasteiger partial charge is 0.336 e. The molecule has 1 aliphatic heterocycles. The Kier molecular flexibility index (Phi) is 5.49. The van der Waals surface area contributed by atoms with E-state index in [1.165, 1.54) is 38.2 Å². The number of carbonyl (C=O) groups is 2. The normalized spacial score (nSPS) is 30.1. The topological polar surface area (TPSA) is 86.8 Å². The van der Waals surface area contributed by atoms with Crippen molar-refractivity contribution in [2.45, 2.75) is 49.6 Å². The van der Waals surface area contributed by atoms with E-state index in [-0.39, 0.29) is 29.1 Å². The van der Waals surface area contributed by atoms with E-state index in [1.807, 2.05) is 11.9 Å². The second-order valence-electron chi connectivity index (χ2n) is 10.6. The predicted molar refractivity (Wildman–Crippen MR) is 135 cm³/mol. The van der Waals surface area contributed by atoms with Crippen molar-refractivity contribution in [1.82, 2.24) is 9.21 Å². The van der Waals surface area contributed by atoms with Gasteiger partial charge in [0.05, 0.1) is 12.2 Å². The number of nitrogens with one attached hydrogen (secondary N) is 1.